The number of nitrogens with zero attached hydrogens (tertiary/aromatic N) is 2. The Kier molecular flexibility index (Phi) is 8.00. The largest absolute Gasteiger partial charge is 0.444 e. The topological polar surface area (TPSA) is 53.0 Å². The van der Waals surface area contributed by atoms with E-state index in [2.05, 4.69) is 4.90 Å². The Hall–Kier alpha value is -2.51. The maximum atomic E-state index is 13.9. The predicted octanol–water partition coefficient (Wildman–Crippen LogP) is 5.96. The van der Waals surface area contributed by atoms with Gasteiger partial charge in [0.25, 0.3) is 0 Å². The molecule has 0 aromatic heterocycles. The molecule has 2 aliphatic rings. The lowest BCUT2D eigenvalue weighted by Crippen LogP contribution is -2.52. The summed E-state index contributed by atoms with van der Waals surface area (Å²) in [7, 11) is 0. The summed E-state index contributed by atoms with van der Waals surface area (Å²) in [5, 5.41) is 11.8. The van der Waals surface area contributed by atoms with E-state index in [9.17, 15) is 18.7 Å². The average Bonchev–Trinajstić information content (AvgIpc) is 2.84. The molecule has 1 aliphatic carbocycles. The van der Waals surface area contributed by atoms with Gasteiger partial charge in [-0.25, -0.2) is 13.6 Å². The number of piperazine rings is 1. The normalized spacial score (nSPS) is 19.7. The summed E-state index contributed by atoms with van der Waals surface area (Å²) < 4.78 is 32.9. The van der Waals surface area contributed by atoms with E-state index in [0.29, 0.717) is 38.3 Å². The van der Waals surface area contributed by atoms with Gasteiger partial charge >= 0.3 is 6.09 Å². The molecule has 1 amide bonds. The van der Waals surface area contributed by atoms with E-state index >= 15 is 0 Å². The second-order valence-corrected chi connectivity index (χ2v) is 11.2. The Balaban J connectivity index is 1.53. The maximum absolute atomic E-state index is 13.9. The van der Waals surface area contributed by atoms with E-state index < -0.39 is 22.8 Å². The van der Waals surface area contributed by atoms with Crippen LogP contribution in [0.25, 0.3) is 11.1 Å². The first-order valence-electron chi connectivity index (χ1n) is 13.0. The van der Waals surface area contributed by atoms with Gasteiger partial charge in [-0.2, -0.15) is 0 Å². The number of rotatable bonds is 5. The lowest BCUT2D eigenvalue weighted by molar-refractivity contribution is -0.0356. The van der Waals surface area contributed by atoms with Crippen molar-refractivity contribution >= 4 is 6.09 Å². The van der Waals surface area contributed by atoms with E-state index in [0.717, 1.165) is 49.3 Å². The summed E-state index contributed by atoms with van der Waals surface area (Å²) in [5.41, 5.74) is 1.05. The van der Waals surface area contributed by atoms with Gasteiger partial charge in [-0.05, 0) is 62.4 Å². The zero-order valence-corrected chi connectivity index (χ0v) is 21.6. The van der Waals surface area contributed by atoms with Crippen LogP contribution in [-0.4, -0.2) is 64.9 Å². The number of aliphatic hydroxyl groups is 1. The van der Waals surface area contributed by atoms with Gasteiger partial charge < -0.3 is 14.7 Å². The Bertz CT molecular complexity index is 1050. The molecule has 7 heteroatoms. The van der Waals surface area contributed by atoms with Crippen LogP contribution in [0.4, 0.5) is 13.6 Å². The summed E-state index contributed by atoms with van der Waals surface area (Å²) >= 11 is 0. The van der Waals surface area contributed by atoms with Crippen molar-refractivity contribution in [1.82, 2.24) is 9.80 Å². The molecule has 2 aromatic carbocycles. The van der Waals surface area contributed by atoms with Crippen LogP contribution in [0.3, 0.4) is 0 Å². The summed E-state index contributed by atoms with van der Waals surface area (Å²) in [6.07, 6.45) is 4.29. The molecular formula is C29H38F2N2O3. The fourth-order valence-electron chi connectivity index (χ4n) is 5.41. The molecule has 1 aliphatic heterocycles. The highest BCUT2D eigenvalue weighted by Gasteiger charge is 2.40. The molecule has 1 saturated carbocycles. The molecule has 0 radical (unpaired) electrons. The standard InChI is InChI=1S/C29H38F2N2O3/c1-28(2,3)36-27(34)33-16-14-32(15-17-33)20-24(29(35)12-5-4-6-13-29)23-9-7-8-21(18-23)22-10-11-25(30)26(31)19-22/h7-11,18-19,24,35H,4-6,12-17,20H2,1-3H3. The van der Waals surface area contributed by atoms with Gasteiger partial charge in [-0.1, -0.05) is 49.6 Å². The third-order valence-corrected chi connectivity index (χ3v) is 7.37. The van der Waals surface area contributed by atoms with Crippen molar-refractivity contribution in [2.45, 2.75) is 70.0 Å². The summed E-state index contributed by atoms with van der Waals surface area (Å²) in [4.78, 5) is 16.5. The number of carbonyl (C=O) groups is 1. The molecular weight excluding hydrogens is 462 g/mol. The molecule has 2 fully saturated rings. The van der Waals surface area contributed by atoms with Crippen LogP contribution in [0.1, 0.15) is 64.4 Å². The zero-order chi connectivity index (χ0) is 25.9. The van der Waals surface area contributed by atoms with Crippen LogP contribution in [0.15, 0.2) is 42.5 Å². The van der Waals surface area contributed by atoms with Crippen LogP contribution in [-0.2, 0) is 4.74 Å². The molecule has 5 nitrogen and oxygen atoms in total. The van der Waals surface area contributed by atoms with Crippen LogP contribution < -0.4 is 0 Å². The number of ether oxygens (including phenoxy) is 1. The van der Waals surface area contributed by atoms with Gasteiger partial charge in [0.1, 0.15) is 5.60 Å². The fourth-order valence-corrected chi connectivity index (χ4v) is 5.41. The number of hydrogen-bond acceptors (Lipinski definition) is 4. The first-order valence-corrected chi connectivity index (χ1v) is 13.0. The molecule has 4 rings (SSSR count). The van der Waals surface area contributed by atoms with E-state index in [1.54, 1.807) is 11.0 Å². The van der Waals surface area contributed by atoms with Gasteiger partial charge in [0.05, 0.1) is 5.60 Å². The van der Waals surface area contributed by atoms with Crippen LogP contribution in [0.2, 0.25) is 0 Å². The number of benzene rings is 2. The Morgan fingerprint density at radius 2 is 1.64 bits per heavy atom. The van der Waals surface area contributed by atoms with Gasteiger partial charge in [0, 0.05) is 38.6 Å². The van der Waals surface area contributed by atoms with Gasteiger partial charge in [-0.15, -0.1) is 0 Å². The minimum atomic E-state index is -0.872. The van der Waals surface area contributed by atoms with Crippen molar-refractivity contribution < 1.29 is 23.4 Å². The molecule has 1 unspecified atom stereocenters. The van der Waals surface area contributed by atoms with Crippen molar-refractivity contribution in [3.8, 4) is 11.1 Å². The number of carbonyl (C=O) groups excluding carboxylic acids is 1. The van der Waals surface area contributed by atoms with Crippen LogP contribution in [0.5, 0.6) is 0 Å². The lowest BCUT2D eigenvalue weighted by atomic mass is 9.72. The van der Waals surface area contributed by atoms with Crippen molar-refractivity contribution in [2.24, 2.45) is 0 Å². The zero-order valence-electron chi connectivity index (χ0n) is 21.6. The van der Waals surface area contributed by atoms with Crippen LogP contribution >= 0.6 is 0 Å². The Morgan fingerprint density at radius 3 is 2.28 bits per heavy atom. The van der Waals surface area contributed by atoms with Gasteiger partial charge in [-0.3, -0.25) is 4.90 Å². The highest BCUT2D eigenvalue weighted by Crippen LogP contribution is 2.41. The summed E-state index contributed by atoms with van der Waals surface area (Å²) in [6, 6.07) is 11.8. The molecule has 1 N–H and O–H groups in total. The quantitative estimate of drug-likeness (QED) is 0.550. The third-order valence-electron chi connectivity index (χ3n) is 7.37. The van der Waals surface area contributed by atoms with Crippen LogP contribution in [0, 0.1) is 11.6 Å². The second kappa shape index (κ2) is 10.9. The van der Waals surface area contributed by atoms with Crippen molar-refractivity contribution in [3.63, 3.8) is 0 Å². The minimum Gasteiger partial charge on any atom is -0.444 e. The maximum Gasteiger partial charge on any atom is 0.410 e. The average molecular weight is 501 g/mol. The number of halogens is 2. The highest BCUT2D eigenvalue weighted by molar-refractivity contribution is 5.68. The lowest BCUT2D eigenvalue weighted by Gasteiger charge is -2.43. The molecule has 0 spiro atoms. The first kappa shape index (κ1) is 26.6. The van der Waals surface area contributed by atoms with Gasteiger partial charge in [0.2, 0.25) is 0 Å². The van der Waals surface area contributed by atoms with E-state index in [1.807, 2.05) is 45.0 Å². The minimum absolute atomic E-state index is 0.129. The highest BCUT2D eigenvalue weighted by atomic mass is 19.2. The number of hydrogen-bond donors (Lipinski definition) is 1. The molecule has 1 heterocycles. The van der Waals surface area contributed by atoms with Crippen molar-refractivity contribution in [2.75, 3.05) is 32.7 Å². The van der Waals surface area contributed by atoms with E-state index in [-0.39, 0.29) is 12.0 Å². The van der Waals surface area contributed by atoms with Crippen molar-refractivity contribution in [1.29, 1.82) is 0 Å². The van der Waals surface area contributed by atoms with E-state index in [4.69, 9.17) is 4.74 Å². The summed E-state index contributed by atoms with van der Waals surface area (Å²) in [6.45, 7) is 8.83. The van der Waals surface area contributed by atoms with E-state index in [1.165, 1.54) is 6.07 Å². The molecule has 36 heavy (non-hydrogen) atoms. The smallest absolute Gasteiger partial charge is 0.410 e. The SMILES string of the molecule is CC(C)(C)OC(=O)N1CCN(CC(c2cccc(-c3ccc(F)c(F)c3)c2)C2(O)CCCCC2)CC1. The monoisotopic (exact) mass is 500 g/mol. The van der Waals surface area contributed by atoms with Gasteiger partial charge in [0.15, 0.2) is 11.6 Å². The first-order chi connectivity index (χ1) is 17.0. The molecule has 1 atom stereocenters. The Labute approximate surface area is 213 Å². The van der Waals surface area contributed by atoms with Crippen molar-refractivity contribution in [3.05, 3.63) is 59.7 Å². The predicted molar refractivity (Wildman–Crippen MR) is 137 cm³/mol. The fraction of sp³-hybridized carbons (Fsp3) is 0.552. The Morgan fingerprint density at radius 1 is 0.972 bits per heavy atom. The molecule has 196 valence electrons. The summed E-state index contributed by atoms with van der Waals surface area (Å²) in [5.74, 6) is -1.87. The third kappa shape index (κ3) is 6.43. The molecule has 2 aromatic rings. The number of amides is 1. The molecule has 0 bridgehead atoms. The second-order valence-electron chi connectivity index (χ2n) is 11.2. The molecule has 1 saturated heterocycles.